The van der Waals surface area contributed by atoms with Gasteiger partial charge in [0.15, 0.2) is 12.2 Å². The molecule has 2 saturated carbocycles. The Kier molecular flexibility index (Phi) is 11.1. The number of amides is 1. The van der Waals surface area contributed by atoms with E-state index < -0.39 is 83.9 Å². The molecule has 3 fully saturated rings. The molecule has 44 heavy (non-hydrogen) atoms. The van der Waals surface area contributed by atoms with Crippen molar-refractivity contribution in [3.63, 3.8) is 0 Å². The van der Waals surface area contributed by atoms with Crippen LogP contribution in [0.4, 0.5) is 0 Å². The van der Waals surface area contributed by atoms with Crippen molar-refractivity contribution in [3.05, 3.63) is 11.8 Å². The van der Waals surface area contributed by atoms with Gasteiger partial charge in [0.05, 0.1) is 44.0 Å². The molecule has 4 aliphatic rings. The van der Waals surface area contributed by atoms with Gasteiger partial charge in [-0.1, -0.05) is 0 Å². The average Bonchev–Trinajstić information content (AvgIpc) is 2.92. The van der Waals surface area contributed by atoms with Gasteiger partial charge < -0.3 is 78.6 Å². The van der Waals surface area contributed by atoms with Crippen LogP contribution in [0.5, 0.6) is 0 Å². The molecule has 2 aliphatic carbocycles. The molecule has 2 heterocycles. The number of ether oxygens (including phenoxy) is 3. The van der Waals surface area contributed by atoms with E-state index >= 15 is 0 Å². The second-order valence-electron chi connectivity index (χ2n) is 12.6. The van der Waals surface area contributed by atoms with Crippen LogP contribution in [0.25, 0.3) is 0 Å². The van der Waals surface area contributed by atoms with E-state index in [0.717, 1.165) is 0 Å². The molecule has 0 aromatic carbocycles. The summed E-state index contributed by atoms with van der Waals surface area (Å²) in [4.78, 5) is 17.3. The van der Waals surface area contributed by atoms with Crippen molar-refractivity contribution in [1.82, 2.24) is 16.0 Å². The lowest BCUT2D eigenvalue weighted by atomic mass is 9.71. The Bertz CT molecular complexity index is 1050. The van der Waals surface area contributed by atoms with Gasteiger partial charge in [-0.3, -0.25) is 9.79 Å². The van der Waals surface area contributed by atoms with E-state index in [1.807, 2.05) is 6.08 Å². The van der Waals surface area contributed by atoms with Gasteiger partial charge in [-0.15, -0.1) is 0 Å². The van der Waals surface area contributed by atoms with Gasteiger partial charge in [-0.2, -0.15) is 0 Å². The second-order valence-corrected chi connectivity index (χ2v) is 12.6. The molecule has 0 aromatic heterocycles. The van der Waals surface area contributed by atoms with Crippen LogP contribution in [0.1, 0.15) is 32.6 Å². The van der Waals surface area contributed by atoms with E-state index in [0.29, 0.717) is 25.3 Å². The molecule has 1 saturated heterocycles. The van der Waals surface area contributed by atoms with Crippen molar-refractivity contribution in [2.75, 3.05) is 33.4 Å². The zero-order valence-electron chi connectivity index (χ0n) is 25.2. The van der Waals surface area contributed by atoms with Gasteiger partial charge in [-0.25, -0.2) is 0 Å². The molecular weight excluding hydrogens is 580 g/mol. The first kappa shape index (κ1) is 34.7. The average molecular weight is 631 g/mol. The van der Waals surface area contributed by atoms with Crippen LogP contribution in [0.3, 0.4) is 0 Å². The number of guanidine groups is 1. The number of hydrogen-bond acceptors (Lipinski definition) is 14. The molecular formula is C27H50N8O9. The first-order valence-electron chi connectivity index (χ1n) is 15.0. The fourth-order valence-corrected chi connectivity index (χ4v) is 6.76. The number of aliphatic hydroxyl groups is 5. The maximum Gasteiger partial charge on any atom is 0.252 e. The predicted octanol–water partition coefficient (Wildman–Crippen LogP) is -5.63. The number of nitrogens with zero attached hydrogens (tertiary/aromatic N) is 1. The van der Waals surface area contributed by atoms with Gasteiger partial charge in [0.1, 0.15) is 35.3 Å². The fraction of sp³-hybridized carbons (Fsp3) is 0.852. The molecule has 0 aromatic rings. The summed E-state index contributed by atoms with van der Waals surface area (Å²) >= 11 is 0. The highest BCUT2D eigenvalue weighted by Gasteiger charge is 2.55. The van der Waals surface area contributed by atoms with Crippen LogP contribution in [0, 0.1) is 5.92 Å². The summed E-state index contributed by atoms with van der Waals surface area (Å²) in [5, 5.41) is 62.4. The number of aliphatic hydroxyl groups excluding tert-OH is 3. The van der Waals surface area contributed by atoms with Crippen molar-refractivity contribution in [2.45, 2.75) is 105 Å². The minimum Gasteiger partial charge on any atom is -0.492 e. The predicted molar refractivity (Wildman–Crippen MR) is 157 cm³/mol. The van der Waals surface area contributed by atoms with Gasteiger partial charge in [0, 0.05) is 37.4 Å². The number of aliphatic imine (C=N–C) groups is 1. The Morgan fingerprint density at radius 2 is 1.89 bits per heavy atom. The monoisotopic (exact) mass is 630 g/mol. The summed E-state index contributed by atoms with van der Waals surface area (Å²) in [5.41, 5.74) is 20.8. The standard InChI is InChI=1S/C27H50N8O9/c1-26(40)11-42-23(19(38)22(26)32-2)44-21-16(35-24(39)27(41)8-12(9-27)34-25(30)31)7-15(29)17(18(21)37)20-14(28)4-3-13(43-20)10-33-5-6-36/h3,12,14-23,32-33,36-38,40-41H,4-11,28-29H2,1-2H3,(H,35,39)(H4,30,31,34). The summed E-state index contributed by atoms with van der Waals surface area (Å²) in [6.07, 6.45) is -3.51. The number of nitrogens with one attached hydrogen (secondary N) is 3. The summed E-state index contributed by atoms with van der Waals surface area (Å²) in [6.45, 7) is 1.99. The van der Waals surface area contributed by atoms with E-state index in [1.54, 1.807) is 7.05 Å². The largest absolute Gasteiger partial charge is 0.492 e. The third-order valence-corrected chi connectivity index (χ3v) is 9.09. The quantitative estimate of drug-likeness (QED) is 0.0575. The van der Waals surface area contributed by atoms with Gasteiger partial charge >= 0.3 is 0 Å². The first-order valence-corrected chi connectivity index (χ1v) is 15.0. The third-order valence-electron chi connectivity index (χ3n) is 9.09. The molecule has 0 radical (unpaired) electrons. The number of rotatable bonds is 11. The summed E-state index contributed by atoms with van der Waals surface area (Å²) in [5.74, 6) is -1.02. The summed E-state index contributed by atoms with van der Waals surface area (Å²) in [7, 11) is 1.58. The zero-order chi connectivity index (χ0) is 32.4. The molecule has 0 bridgehead atoms. The van der Waals surface area contributed by atoms with Crippen LogP contribution in [-0.4, -0.2) is 143 Å². The smallest absolute Gasteiger partial charge is 0.252 e. The lowest BCUT2D eigenvalue weighted by molar-refractivity contribution is -0.297. The van der Waals surface area contributed by atoms with Crippen LogP contribution >= 0.6 is 0 Å². The Labute approximate surface area is 256 Å². The molecule has 1 amide bonds. The molecule has 2 aliphatic heterocycles. The lowest BCUT2D eigenvalue weighted by Crippen LogP contribution is -2.70. The van der Waals surface area contributed by atoms with Gasteiger partial charge in [0.25, 0.3) is 5.91 Å². The summed E-state index contributed by atoms with van der Waals surface area (Å²) in [6, 6.07) is -3.39. The molecule has 11 atom stereocenters. The molecule has 4 rings (SSSR count). The molecule has 0 spiro atoms. The number of carbonyl (C=O) groups is 1. The normalized spacial score (nSPS) is 44.1. The van der Waals surface area contributed by atoms with E-state index in [-0.39, 0.29) is 38.4 Å². The number of nitrogens with two attached hydrogens (primary N) is 4. The zero-order valence-corrected chi connectivity index (χ0v) is 25.2. The Balaban J connectivity index is 1.56. The SMILES string of the molecule is CNC1C(O)C(OC2C(NC(=O)C3(O)CC(N=C(N)N)C3)CC(N)C(C3OC(CNCCO)=CCC3N)C2O)OCC1(C)O. The maximum atomic E-state index is 13.3. The molecule has 252 valence electrons. The molecule has 16 N–H and O–H groups in total. The van der Waals surface area contributed by atoms with Crippen molar-refractivity contribution in [1.29, 1.82) is 0 Å². The number of hydrogen-bond donors (Lipinski definition) is 12. The molecule has 17 nitrogen and oxygen atoms in total. The van der Waals surface area contributed by atoms with E-state index in [1.165, 1.54) is 6.92 Å². The molecule has 11 unspecified atom stereocenters. The van der Waals surface area contributed by atoms with Crippen LogP contribution in [0.15, 0.2) is 16.8 Å². The van der Waals surface area contributed by atoms with Gasteiger partial charge in [0.2, 0.25) is 0 Å². The lowest BCUT2D eigenvalue weighted by Gasteiger charge is -2.51. The topological polar surface area (TPSA) is 298 Å². The number of carbonyl (C=O) groups excluding carboxylic acids is 1. The maximum absolute atomic E-state index is 13.3. The highest BCUT2D eigenvalue weighted by Crippen LogP contribution is 2.38. The van der Waals surface area contributed by atoms with Crippen LogP contribution < -0.4 is 38.9 Å². The second kappa shape index (κ2) is 14.1. The molecule has 17 heteroatoms. The first-order chi connectivity index (χ1) is 20.7. The van der Waals surface area contributed by atoms with E-state index in [4.69, 9.17) is 42.3 Å². The van der Waals surface area contributed by atoms with Crippen LogP contribution in [-0.2, 0) is 19.0 Å². The minimum atomic E-state index is -1.74. The fourth-order valence-electron chi connectivity index (χ4n) is 6.76. The Morgan fingerprint density at radius 3 is 2.52 bits per heavy atom. The number of likely N-dealkylation sites (N-methyl/N-ethyl adjacent to an activating group) is 1. The highest BCUT2D eigenvalue weighted by molar-refractivity contribution is 5.87. The van der Waals surface area contributed by atoms with Crippen molar-refractivity contribution >= 4 is 11.9 Å². The Morgan fingerprint density at radius 1 is 1.18 bits per heavy atom. The van der Waals surface area contributed by atoms with Crippen molar-refractivity contribution in [3.8, 4) is 0 Å². The Hall–Kier alpha value is -2.16. The van der Waals surface area contributed by atoms with Crippen LogP contribution in [0.2, 0.25) is 0 Å². The van der Waals surface area contributed by atoms with E-state index in [9.17, 15) is 25.2 Å². The summed E-state index contributed by atoms with van der Waals surface area (Å²) < 4.78 is 18.1. The van der Waals surface area contributed by atoms with Crippen molar-refractivity contribution < 1.29 is 44.5 Å². The van der Waals surface area contributed by atoms with E-state index in [2.05, 4.69) is 20.9 Å². The highest BCUT2D eigenvalue weighted by atomic mass is 16.7. The van der Waals surface area contributed by atoms with Gasteiger partial charge in [-0.05, 0) is 32.9 Å². The minimum absolute atomic E-state index is 0.000211. The van der Waals surface area contributed by atoms with Crippen molar-refractivity contribution in [2.24, 2.45) is 33.8 Å². The third kappa shape index (κ3) is 7.45.